The molecule has 1 aliphatic carbocycles. The Bertz CT molecular complexity index is 2260. The van der Waals surface area contributed by atoms with Gasteiger partial charge in [0.2, 0.25) is 17.7 Å². The Hall–Kier alpha value is -2.61. The summed E-state index contributed by atoms with van der Waals surface area (Å²) in [5, 5.41) is 10.1. The van der Waals surface area contributed by atoms with Crippen LogP contribution in [0.15, 0.2) is 36.4 Å². The van der Waals surface area contributed by atoms with E-state index >= 15 is 0 Å². The first-order chi connectivity index (χ1) is 56.7. The van der Waals surface area contributed by atoms with Gasteiger partial charge in [-0.15, -0.1) is 0 Å². The number of rotatable bonds is 26. The Balaban J connectivity index is 0. The highest BCUT2D eigenvalue weighted by Gasteiger charge is 2.28. The predicted octanol–water partition coefficient (Wildman–Crippen LogP) is 27.0. The van der Waals surface area contributed by atoms with Gasteiger partial charge in [-0.2, -0.15) is 0 Å². The van der Waals surface area contributed by atoms with Gasteiger partial charge < -0.3 is 45.2 Å². The molecule has 12 heteroatoms. The molecule has 8 aliphatic heterocycles. The number of nitrogens with zero attached hydrogens (tertiary/aromatic N) is 5. The first-order valence-corrected chi connectivity index (χ1v) is 51.7. The summed E-state index contributed by atoms with van der Waals surface area (Å²) in [6.07, 6.45) is 42.0. The summed E-state index contributed by atoms with van der Waals surface area (Å²) in [6.45, 7) is 84.7. The van der Waals surface area contributed by atoms with Gasteiger partial charge in [0.1, 0.15) is 0 Å². The average molecular weight is 1680 g/mol. The zero-order valence-electron chi connectivity index (χ0n) is 85.4. The summed E-state index contributed by atoms with van der Waals surface area (Å²) < 4.78 is 5.53. The smallest absolute Gasteiger partial charge is 0.222 e. The average Bonchev–Trinajstić information content (AvgIpc) is 1.87. The maximum Gasteiger partial charge on any atom is 0.222 e. The van der Waals surface area contributed by atoms with Gasteiger partial charge in [0, 0.05) is 78.2 Å². The summed E-state index contributed by atoms with van der Waals surface area (Å²) in [5.74, 6) is 16.9. The fourth-order valence-electron chi connectivity index (χ4n) is 18.4. The fraction of sp³-hybridized carbons (Fsp3) is 0.916. The topological polar surface area (TPSA) is 113 Å². The second kappa shape index (κ2) is 77.7. The number of hydrogen-bond donors (Lipinski definition) is 3. The maximum atomic E-state index is 11.5. The Kier molecular flexibility index (Phi) is 77.3. The molecule has 3 amide bonds. The van der Waals surface area contributed by atoms with E-state index in [0.717, 1.165) is 166 Å². The van der Waals surface area contributed by atoms with Gasteiger partial charge in [0.05, 0.1) is 12.7 Å². The minimum absolute atomic E-state index is 0.325. The molecule has 9 fully saturated rings. The van der Waals surface area contributed by atoms with E-state index in [2.05, 4.69) is 206 Å². The lowest BCUT2D eigenvalue weighted by Gasteiger charge is -2.32. The molecule has 3 N–H and O–H groups in total. The van der Waals surface area contributed by atoms with E-state index in [4.69, 9.17) is 4.74 Å². The van der Waals surface area contributed by atoms with Crippen molar-refractivity contribution in [1.29, 1.82) is 0 Å². The summed E-state index contributed by atoms with van der Waals surface area (Å²) in [6, 6.07) is 12.0. The summed E-state index contributed by atoms with van der Waals surface area (Å²) in [4.78, 5) is 45.6. The molecule has 8 saturated heterocycles. The third kappa shape index (κ3) is 71.2. The molecule has 9 aliphatic rings. The Morgan fingerprint density at radius 1 is 0.319 bits per heavy atom. The minimum atomic E-state index is 0.325. The van der Waals surface area contributed by atoms with E-state index in [0.29, 0.717) is 42.6 Å². The molecule has 5 unspecified atom stereocenters. The highest BCUT2D eigenvalue weighted by atomic mass is 16.5. The highest BCUT2D eigenvalue weighted by molar-refractivity contribution is 5.77. The molecule has 5 atom stereocenters. The van der Waals surface area contributed by atoms with Crippen LogP contribution in [-0.4, -0.2) is 173 Å². The van der Waals surface area contributed by atoms with Gasteiger partial charge in [0.15, 0.2) is 0 Å². The van der Waals surface area contributed by atoms with E-state index in [1.165, 1.54) is 252 Å². The van der Waals surface area contributed by atoms with Crippen LogP contribution in [0.5, 0.6) is 0 Å². The van der Waals surface area contributed by atoms with Crippen LogP contribution in [-0.2, 0) is 19.1 Å². The van der Waals surface area contributed by atoms with Crippen molar-refractivity contribution >= 4 is 17.7 Å². The van der Waals surface area contributed by atoms with Crippen LogP contribution >= 0.6 is 0 Å². The Morgan fingerprint density at radius 2 is 0.672 bits per heavy atom. The van der Waals surface area contributed by atoms with Crippen molar-refractivity contribution in [2.45, 2.75) is 405 Å². The first-order valence-electron chi connectivity index (χ1n) is 51.7. The van der Waals surface area contributed by atoms with E-state index < -0.39 is 0 Å². The van der Waals surface area contributed by atoms with Crippen molar-refractivity contribution in [2.75, 3.05) is 124 Å². The zero-order valence-corrected chi connectivity index (χ0v) is 85.4. The summed E-state index contributed by atoms with van der Waals surface area (Å²) >= 11 is 0. The Morgan fingerprint density at radius 3 is 1.07 bits per heavy atom. The largest absolute Gasteiger partial charge is 0.376 e. The van der Waals surface area contributed by atoms with Crippen LogP contribution < -0.4 is 16.0 Å². The van der Waals surface area contributed by atoms with E-state index in [-0.39, 0.29) is 0 Å². The summed E-state index contributed by atoms with van der Waals surface area (Å²) in [5.41, 5.74) is 0. The van der Waals surface area contributed by atoms with Gasteiger partial charge in [-0.1, -0.05) is 275 Å². The van der Waals surface area contributed by atoms with Crippen molar-refractivity contribution in [3.8, 4) is 0 Å². The molecular weight excluding hydrogens is 1460 g/mol. The van der Waals surface area contributed by atoms with Crippen molar-refractivity contribution < 1.29 is 19.1 Å². The SMILES string of the molecule is CC(C)CC(=O)N1CCCCC1.CC(C)CC1CCCNC1.CC(C)CC1CCNC1.CC(C)CC1CNCCO1.CCC.CCC(=O)N1CCC(CC(C)C)C1.CCC(=O)N1CCC(CC(C)C)CC1.CCC(C)C.CCC1CCC(CC(C)C)CC1.CCCN1CCC(CC(C)C)C1.CCCN1CCC(CC(C)C)CC1.c1ccccc1. The van der Waals surface area contributed by atoms with E-state index in [1.807, 2.05) is 64.9 Å². The van der Waals surface area contributed by atoms with Crippen LogP contribution in [0.1, 0.15) is 399 Å². The number of likely N-dealkylation sites (tertiary alicyclic amines) is 5. The van der Waals surface area contributed by atoms with Crippen LogP contribution in [0.2, 0.25) is 0 Å². The number of piperidine rings is 4. The van der Waals surface area contributed by atoms with Crippen molar-refractivity contribution in [1.82, 2.24) is 40.4 Å². The minimum Gasteiger partial charge on any atom is -0.376 e. The lowest BCUT2D eigenvalue weighted by Crippen LogP contribution is -2.39. The molecule has 119 heavy (non-hydrogen) atoms. The maximum absolute atomic E-state index is 11.5. The quantitative estimate of drug-likeness (QED) is 0.0835. The van der Waals surface area contributed by atoms with Gasteiger partial charge in [-0.25, -0.2) is 0 Å². The predicted molar refractivity (Wildman–Crippen MR) is 527 cm³/mol. The Labute approximate surface area is 745 Å². The number of carbonyl (C=O) groups is 3. The molecule has 1 saturated carbocycles. The standard InChI is InChI=1S/C12H23NO.C12H25N.C12H24.C11H21NO.C11H23N.C10H19NO.C9H19N.C8H17NO.C8H17N.C6H6.C5H12.C3H8/c1-4-12(14)13-7-5-11(6-8-13)9-10(2)3;1-4-7-13-8-5-12(6-9-13)10-11(2)3;1-4-11-5-7-12(8-6-11)9-10(2)3;1-4-11(13)12-6-5-10(8-12)7-9(2)3;1-4-6-12-7-5-11(9-12)8-10(2)3;1-9(2)8-10(12)11-6-4-3-5-7-11;1-8(2)6-9-4-3-5-10-7-9;1-7(2)5-8-6-9-3-4-10-8;1-7(2)5-8-3-4-9-6-8;1-2-4-6-5-3-1;1-4-5(2)3;1-3-2/h10-11H,4-9H2,1-3H3;11-12H,4-10H2,1-3H3;10-12H,4-9H2,1-3H3;9-10H,4-8H2,1-3H3;10-11H,4-9H2,1-3H3;9H,3-8H2,1-2H3;8-10H,3-7H2,1-2H3;7-9H,3-6H2,1-2H3;7-9H,3-6H2,1-2H3;1-6H;5H,4H2,1-3H3;3H2,1-2H3. The molecule has 10 rings (SSSR count). The van der Waals surface area contributed by atoms with Crippen LogP contribution in [0.3, 0.4) is 0 Å². The zero-order chi connectivity index (χ0) is 89.7. The normalized spacial score (nSPS) is 22.2. The van der Waals surface area contributed by atoms with Gasteiger partial charge in [0.25, 0.3) is 0 Å². The molecule has 12 nitrogen and oxygen atoms in total. The number of nitrogens with one attached hydrogen (secondary N) is 3. The van der Waals surface area contributed by atoms with Gasteiger partial charge in [-0.3, -0.25) is 14.4 Å². The third-order valence-electron chi connectivity index (χ3n) is 24.6. The number of hydrogen-bond acceptors (Lipinski definition) is 9. The molecule has 0 aromatic heterocycles. The molecule has 1 aromatic carbocycles. The van der Waals surface area contributed by atoms with Crippen molar-refractivity contribution in [3.63, 3.8) is 0 Å². The summed E-state index contributed by atoms with van der Waals surface area (Å²) in [7, 11) is 0. The van der Waals surface area contributed by atoms with E-state index in [1.54, 1.807) is 0 Å². The van der Waals surface area contributed by atoms with E-state index in [9.17, 15) is 14.4 Å². The molecule has 1 aromatic rings. The third-order valence-corrected chi connectivity index (χ3v) is 24.6. The molecule has 0 bridgehead atoms. The second-order valence-electron chi connectivity index (χ2n) is 42.1. The lowest BCUT2D eigenvalue weighted by molar-refractivity contribution is -0.133. The van der Waals surface area contributed by atoms with Crippen LogP contribution in [0.4, 0.5) is 0 Å². The first kappa shape index (κ1) is 118. The van der Waals surface area contributed by atoms with Crippen molar-refractivity contribution in [2.24, 2.45) is 107 Å². The number of benzene rings is 1. The molecular formula is C107H214N8O4. The monoisotopic (exact) mass is 1680 g/mol. The fourth-order valence-corrected chi connectivity index (χ4v) is 18.4. The number of amides is 3. The van der Waals surface area contributed by atoms with Crippen LogP contribution in [0, 0.1) is 107 Å². The molecule has 0 radical (unpaired) electrons. The van der Waals surface area contributed by atoms with Crippen molar-refractivity contribution in [3.05, 3.63) is 36.4 Å². The number of carbonyl (C=O) groups excluding carboxylic acids is 3. The molecule has 8 heterocycles. The lowest BCUT2D eigenvalue weighted by atomic mass is 9.78. The number of morpholine rings is 1. The highest BCUT2D eigenvalue weighted by Crippen LogP contribution is 2.34. The second-order valence-corrected chi connectivity index (χ2v) is 42.1. The molecule has 0 spiro atoms. The number of ether oxygens (including phenoxy) is 1. The van der Waals surface area contributed by atoms with Crippen LogP contribution in [0.25, 0.3) is 0 Å². The van der Waals surface area contributed by atoms with Gasteiger partial charge >= 0.3 is 0 Å². The molecule has 706 valence electrons. The van der Waals surface area contributed by atoms with Gasteiger partial charge in [-0.05, 0) is 307 Å².